The van der Waals surface area contributed by atoms with Gasteiger partial charge in [-0.15, -0.1) is 0 Å². The quantitative estimate of drug-likeness (QED) is 0.778. The second-order valence-corrected chi connectivity index (χ2v) is 5.95. The molecular formula is C10H6Cl2O2S. The van der Waals surface area contributed by atoms with Crippen molar-refractivity contribution in [3.05, 3.63) is 45.3 Å². The van der Waals surface area contributed by atoms with Crippen LogP contribution >= 0.6 is 23.2 Å². The molecule has 15 heavy (non-hydrogen) atoms. The molecule has 1 aromatic rings. The van der Waals surface area contributed by atoms with Crippen molar-refractivity contribution in [3.63, 3.8) is 0 Å². The largest absolute Gasteiger partial charge is 0.218 e. The molecule has 1 aliphatic heterocycles. The van der Waals surface area contributed by atoms with Crippen molar-refractivity contribution < 1.29 is 8.42 Å². The summed E-state index contributed by atoms with van der Waals surface area (Å²) in [5, 5.41) is 0. The van der Waals surface area contributed by atoms with E-state index >= 15 is 0 Å². The first-order valence-corrected chi connectivity index (χ1v) is 6.34. The predicted octanol–water partition coefficient (Wildman–Crippen LogP) is 3.13. The van der Waals surface area contributed by atoms with Crippen LogP contribution in [-0.4, -0.2) is 8.42 Å². The van der Waals surface area contributed by atoms with Gasteiger partial charge >= 0.3 is 0 Å². The topological polar surface area (TPSA) is 34.1 Å². The maximum Gasteiger partial charge on any atom is 0.207 e. The third-order valence-corrected chi connectivity index (χ3v) is 4.09. The highest BCUT2D eigenvalue weighted by Gasteiger charge is 2.27. The van der Waals surface area contributed by atoms with E-state index in [0.29, 0.717) is 10.5 Å². The van der Waals surface area contributed by atoms with Gasteiger partial charge in [-0.1, -0.05) is 41.4 Å². The van der Waals surface area contributed by atoms with Crippen molar-refractivity contribution in [3.8, 4) is 0 Å². The SMILES string of the molecule is O=S1(=O)C(C=C(Cl)Cl)=Cc2ccccc21. The van der Waals surface area contributed by atoms with Crippen LogP contribution in [0.25, 0.3) is 6.08 Å². The lowest BCUT2D eigenvalue weighted by Gasteiger charge is -1.98. The first-order valence-electron chi connectivity index (χ1n) is 4.10. The van der Waals surface area contributed by atoms with Crippen LogP contribution in [-0.2, 0) is 9.84 Å². The number of hydrogen-bond donors (Lipinski definition) is 0. The molecule has 0 spiro atoms. The highest BCUT2D eigenvalue weighted by Crippen LogP contribution is 2.34. The molecule has 0 atom stereocenters. The van der Waals surface area contributed by atoms with Crippen molar-refractivity contribution in [1.29, 1.82) is 0 Å². The maximum absolute atomic E-state index is 11.9. The van der Waals surface area contributed by atoms with Crippen LogP contribution in [0.4, 0.5) is 0 Å². The Bertz CT molecular complexity index is 567. The normalized spacial score (nSPS) is 16.8. The average molecular weight is 261 g/mol. The van der Waals surface area contributed by atoms with Crippen LogP contribution in [0.1, 0.15) is 5.56 Å². The van der Waals surface area contributed by atoms with Crippen molar-refractivity contribution in [2.24, 2.45) is 0 Å². The Morgan fingerprint density at radius 1 is 1.20 bits per heavy atom. The molecule has 1 heterocycles. The zero-order valence-electron chi connectivity index (χ0n) is 7.44. The molecule has 2 rings (SSSR count). The lowest BCUT2D eigenvalue weighted by molar-refractivity contribution is 0.604. The van der Waals surface area contributed by atoms with Gasteiger partial charge in [-0.25, -0.2) is 8.42 Å². The van der Waals surface area contributed by atoms with Crippen LogP contribution in [0, 0.1) is 0 Å². The molecular weight excluding hydrogens is 255 g/mol. The van der Waals surface area contributed by atoms with Crippen LogP contribution in [0.5, 0.6) is 0 Å². The van der Waals surface area contributed by atoms with Gasteiger partial charge in [0.1, 0.15) is 4.49 Å². The fourth-order valence-electron chi connectivity index (χ4n) is 1.43. The summed E-state index contributed by atoms with van der Waals surface area (Å²) < 4.78 is 23.7. The molecule has 0 saturated heterocycles. The molecule has 0 amide bonds. The van der Waals surface area contributed by atoms with E-state index in [1.807, 2.05) is 0 Å². The number of sulfone groups is 1. The molecule has 0 radical (unpaired) electrons. The summed E-state index contributed by atoms with van der Waals surface area (Å²) in [5.41, 5.74) is 0.665. The zero-order chi connectivity index (χ0) is 11.1. The van der Waals surface area contributed by atoms with Crippen LogP contribution < -0.4 is 0 Å². The number of fused-ring (bicyclic) bond motifs is 1. The van der Waals surface area contributed by atoms with E-state index in [9.17, 15) is 8.42 Å². The van der Waals surface area contributed by atoms with Crippen molar-refractivity contribution in [2.45, 2.75) is 4.90 Å². The average Bonchev–Trinajstić information content (AvgIpc) is 2.39. The van der Waals surface area contributed by atoms with Crippen molar-refractivity contribution >= 4 is 39.1 Å². The molecule has 5 heteroatoms. The molecule has 1 aromatic carbocycles. The number of allylic oxidation sites excluding steroid dienone is 1. The minimum absolute atomic E-state index is 0.0716. The summed E-state index contributed by atoms with van der Waals surface area (Å²) in [6, 6.07) is 6.75. The Morgan fingerprint density at radius 2 is 1.87 bits per heavy atom. The Hall–Kier alpha value is -0.770. The van der Waals surface area contributed by atoms with E-state index in [0.717, 1.165) is 0 Å². The smallest absolute Gasteiger partial charge is 0.207 e. The van der Waals surface area contributed by atoms with E-state index in [-0.39, 0.29) is 9.40 Å². The fourth-order valence-corrected chi connectivity index (χ4v) is 3.30. The molecule has 0 fully saturated rings. The second-order valence-electron chi connectivity index (χ2n) is 3.02. The van der Waals surface area contributed by atoms with Crippen molar-refractivity contribution in [2.75, 3.05) is 0 Å². The standard InChI is InChI=1S/C10H6Cl2O2S/c11-10(12)6-8-5-7-3-1-2-4-9(7)15(8,13)14/h1-6H. The molecule has 0 N–H and O–H groups in total. The summed E-state index contributed by atoms with van der Waals surface area (Å²) in [7, 11) is -3.43. The van der Waals surface area contributed by atoms with Crippen molar-refractivity contribution in [1.82, 2.24) is 0 Å². The Balaban J connectivity index is 2.65. The highest BCUT2D eigenvalue weighted by atomic mass is 35.5. The lowest BCUT2D eigenvalue weighted by Crippen LogP contribution is -1.98. The first-order chi connectivity index (χ1) is 7.01. The number of benzene rings is 1. The first kappa shape index (κ1) is 10.7. The molecule has 0 unspecified atom stereocenters. The molecule has 0 bridgehead atoms. The van der Waals surface area contributed by atoms with E-state index in [2.05, 4.69) is 0 Å². The van der Waals surface area contributed by atoms with Crippen LogP contribution in [0.2, 0.25) is 0 Å². The molecule has 2 nitrogen and oxygen atoms in total. The fraction of sp³-hybridized carbons (Fsp3) is 0. The van der Waals surface area contributed by atoms with Gasteiger partial charge in [0.2, 0.25) is 9.84 Å². The van der Waals surface area contributed by atoms with E-state index in [1.165, 1.54) is 6.08 Å². The van der Waals surface area contributed by atoms with Crippen LogP contribution in [0.15, 0.2) is 44.6 Å². The summed E-state index contributed by atoms with van der Waals surface area (Å²) in [6.45, 7) is 0. The molecule has 0 aliphatic carbocycles. The van der Waals surface area contributed by atoms with E-state index in [1.54, 1.807) is 30.3 Å². The minimum Gasteiger partial charge on any atom is -0.218 e. The van der Waals surface area contributed by atoms with Gasteiger partial charge in [0.25, 0.3) is 0 Å². The zero-order valence-corrected chi connectivity index (χ0v) is 9.77. The number of hydrogen-bond acceptors (Lipinski definition) is 2. The maximum atomic E-state index is 11.9. The molecule has 78 valence electrons. The number of halogens is 2. The Labute approximate surface area is 97.7 Å². The monoisotopic (exact) mass is 260 g/mol. The third-order valence-electron chi connectivity index (χ3n) is 2.07. The van der Waals surface area contributed by atoms with Gasteiger partial charge in [-0.05, 0) is 23.8 Å². The van der Waals surface area contributed by atoms with Gasteiger partial charge in [0, 0.05) is 0 Å². The lowest BCUT2D eigenvalue weighted by atomic mass is 10.2. The van der Waals surface area contributed by atoms with Gasteiger partial charge in [0.15, 0.2) is 0 Å². The number of rotatable bonds is 1. The molecule has 0 saturated carbocycles. The summed E-state index contributed by atoms with van der Waals surface area (Å²) in [6.07, 6.45) is 2.79. The summed E-state index contributed by atoms with van der Waals surface area (Å²) >= 11 is 10.9. The summed E-state index contributed by atoms with van der Waals surface area (Å²) in [4.78, 5) is 0.425. The molecule has 0 aromatic heterocycles. The third kappa shape index (κ3) is 1.83. The minimum atomic E-state index is -3.43. The van der Waals surface area contributed by atoms with E-state index < -0.39 is 9.84 Å². The second kappa shape index (κ2) is 3.67. The van der Waals surface area contributed by atoms with Gasteiger partial charge < -0.3 is 0 Å². The van der Waals surface area contributed by atoms with Crippen LogP contribution in [0.3, 0.4) is 0 Å². The summed E-state index contributed by atoms with van der Waals surface area (Å²) in [5.74, 6) is 0. The van der Waals surface area contributed by atoms with Gasteiger partial charge in [-0.2, -0.15) is 0 Å². The Kier molecular flexibility index (Phi) is 2.63. The molecule has 1 aliphatic rings. The Morgan fingerprint density at radius 3 is 2.47 bits per heavy atom. The predicted molar refractivity (Wildman–Crippen MR) is 61.4 cm³/mol. The van der Waals surface area contributed by atoms with Gasteiger partial charge in [0.05, 0.1) is 9.80 Å². The van der Waals surface area contributed by atoms with E-state index in [4.69, 9.17) is 23.2 Å². The highest BCUT2D eigenvalue weighted by molar-refractivity contribution is 7.96. The van der Waals surface area contributed by atoms with Gasteiger partial charge in [-0.3, -0.25) is 0 Å².